The summed E-state index contributed by atoms with van der Waals surface area (Å²) in [5.74, 6) is 0. The van der Waals surface area contributed by atoms with Crippen molar-refractivity contribution in [3.8, 4) is 6.07 Å². The molecule has 1 aromatic carbocycles. The van der Waals surface area contributed by atoms with Gasteiger partial charge in [-0.25, -0.2) is 0 Å². The van der Waals surface area contributed by atoms with Crippen LogP contribution in [0.1, 0.15) is 50.8 Å². The molecule has 0 saturated carbocycles. The quantitative estimate of drug-likeness (QED) is 0.491. The Morgan fingerprint density at radius 3 is 2.63 bits per heavy atom. The molecule has 0 radical (unpaired) electrons. The minimum absolute atomic E-state index is 0.0591. The number of nitrogens with zero attached hydrogens (tertiary/aromatic N) is 6. The molecule has 3 aromatic rings. The van der Waals surface area contributed by atoms with Gasteiger partial charge in [0.2, 0.25) is 0 Å². The molecule has 8 nitrogen and oxygen atoms in total. The lowest BCUT2D eigenvalue weighted by molar-refractivity contribution is 0.0991. The normalized spacial score (nSPS) is 19.7. The number of rotatable bonds is 8. The summed E-state index contributed by atoms with van der Waals surface area (Å²) in [4.78, 5) is 17.9. The zero-order chi connectivity index (χ0) is 25.1. The highest BCUT2D eigenvalue weighted by atomic mass is 16.5. The van der Waals surface area contributed by atoms with Crippen LogP contribution in [0.4, 0.5) is 5.69 Å². The minimum atomic E-state index is -0.0591. The van der Waals surface area contributed by atoms with Crippen molar-refractivity contribution in [1.82, 2.24) is 19.2 Å². The van der Waals surface area contributed by atoms with Gasteiger partial charge in [-0.1, -0.05) is 38.1 Å². The van der Waals surface area contributed by atoms with Crippen molar-refractivity contribution in [2.75, 3.05) is 25.1 Å². The number of ether oxygens (including phenoxy) is 1. The maximum absolute atomic E-state index is 12.9. The second-order valence-electron chi connectivity index (χ2n) is 9.43. The van der Waals surface area contributed by atoms with E-state index in [0.717, 1.165) is 42.7 Å². The Kier molecular flexibility index (Phi) is 7.58. The topological polar surface area (TPSA) is 79.3 Å². The van der Waals surface area contributed by atoms with E-state index in [9.17, 15) is 4.79 Å². The number of methoxy groups -OCH3 is 1. The van der Waals surface area contributed by atoms with Crippen molar-refractivity contribution in [2.24, 2.45) is 7.05 Å². The molecule has 35 heavy (non-hydrogen) atoms. The van der Waals surface area contributed by atoms with E-state index >= 15 is 0 Å². The molecule has 1 fully saturated rings. The number of hydrogen-bond acceptors (Lipinski definition) is 6. The van der Waals surface area contributed by atoms with Gasteiger partial charge in [-0.3, -0.25) is 14.4 Å². The average molecular weight is 477 g/mol. The number of aromatic nitrogens is 3. The highest BCUT2D eigenvalue weighted by Crippen LogP contribution is 2.35. The zero-order valence-electron chi connectivity index (χ0n) is 21.4. The van der Waals surface area contributed by atoms with E-state index < -0.39 is 0 Å². The summed E-state index contributed by atoms with van der Waals surface area (Å²) >= 11 is 0. The molecule has 8 heteroatoms. The van der Waals surface area contributed by atoms with Crippen LogP contribution in [0.3, 0.4) is 0 Å². The van der Waals surface area contributed by atoms with Crippen LogP contribution < -0.4 is 10.5 Å². The standard InChI is InChI=1S/C27H36N6O2/c1-6-21-16-33(24-14-26(34)30(4)25-17-31(13-12-28)29-27(24)25)22(7-2)15-32(21)19(3)23-11-9-8-10-20(23)18-35-5/h8-11,14,17,19,21-22H,6-7,13,15-16,18H2,1-5H3/t19?,21-,22+/m1/s1. The summed E-state index contributed by atoms with van der Waals surface area (Å²) < 4.78 is 8.71. The van der Waals surface area contributed by atoms with Gasteiger partial charge < -0.3 is 14.2 Å². The highest BCUT2D eigenvalue weighted by Gasteiger charge is 2.36. The maximum Gasteiger partial charge on any atom is 0.252 e. The van der Waals surface area contributed by atoms with Gasteiger partial charge in [-0.2, -0.15) is 10.4 Å². The summed E-state index contributed by atoms with van der Waals surface area (Å²) in [6.45, 7) is 9.20. The van der Waals surface area contributed by atoms with Crippen LogP contribution in [0.2, 0.25) is 0 Å². The molecule has 0 aliphatic carbocycles. The van der Waals surface area contributed by atoms with Crippen LogP contribution in [0.15, 0.2) is 41.3 Å². The van der Waals surface area contributed by atoms with E-state index in [0.29, 0.717) is 12.6 Å². The van der Waals surface area contributed by atoms with E-state index in [4.69, 9.17) is 15.1 Å². The summed E-state index contributed by atoms with van der Waals surface area (Å²) in [6, 6.07) is 13.2. The second-order valence-corrected chi connectivity index (χ2v) is 9.43. The van der Waals surface area contributed by atoms with Crippen LogP contribution in [-0.2, 0) is 24.9 Å². The van der Waals surface area contributed by atoms with Crippen molar-refractivity contribution < 1.29 is 4.74 Å². The van der Waals surface area contributed by atoms with Crippen LogP contribution in [0, 0.1) is 11.3 Å². The third kappa shape index (κ3) is 4.71. The highest BCUT2D eigenvalue weighted by molar-refractivity contribution is 5.88. The number of pyridine rings is 1. The molecule has 0 N–H and O–H groups in total. The van der Waals surface area contributed by atoms with Crippen molar-refractivity contribution in [3.05, 3.63) is 58.0 Å². The van der Waals surface area contributed by atoms with Gasteiger partial charge >= 0.3 is 0 Å². The minimum Gasteiger partial charge on any atom is -0.380 e. The van der Waals surface area contributed by atoms with Gasteiger partial charge in [0.1, 0.15) is 12.1 Å². The van der Waals surface area contributed by atoms with Crippen molar-refractivity contribution in [2.45, 2.75) is 64.9 Å². The van der Waals surface area contributed by atoms with Gasteiger partial charge in [-0.15, -0.1) is 0 Å². The van der Waals surface area contributed by atoms with Gasteiger partial charge in [0.15, 0.2) is 0 Å². The molecular formula is C27H36N6O2. The van der Waals surface area contributed by atoms with Crippen molar-refractivity contribution in [1.29, 1.82) is 5.26 Å². The molecule has 1 aliphatic rings. The fourth-order valence-corrected chi connectivity index (χ4v) is 5.47. The lowest BCUT2D eigenvalue weighted by Gasteiger charge is -2.49. The first-order valence-electron chi connectivity index (χ1n) is 12.5. The fourth-order valence-electron chi connectivity index (χ4n) is 5.47. The first-order chi connectivity index (χ1) is 16.9. The van der Waals surface area contributed by atoms with Gasteiger partial charge in [-0.05, 0) is 30.9 Å². The molecule has 1 saturated heterocycles. The second kappa shape index (κ2) is 10.6. The largest absolute Gasteiger partial charge is 0.380 e. The smallest absolute Gasteiger partial charge is 0.252 e. The van der Waals surface area contributed by atoms with Crippen LogP contribution in [-0.4, -0.2) is 51.5 Å². The molecule has 4 rings (SSSR count). The Hall–Kier alpha value is -3.15. The maximum atomic E-state index is 12.9. The predicted octanol–water partition coefficient (Wildman–Crippen LogP) is 3.85. The van der Waals surface area contributed by atoms with Crippen molar-refractivity contribution in [3.63, 3.8) is 0 Å². The van der Waals surface area contributed by atoms with Crippen LogP contribution >= 0.6 is 0 Å². The molecule has 186 valence electrons. The Morgan fingerprint density at radius 2 is 1.94 bits per heavy atom. The Morgan fingerprint density at radius 1 is 1.20 bits per heavy atom. The molecule has 1 aliphatic heterocycles. The lowest BCUT2D eigenvalue weighted by atomic mass is 9.94. The van der Waals surface area contributed by atoms with Crippen LogP contribution in [0.5, 0.6) is 0 Å². The summed E-state index contributed by atoms with van der Waals surface area (Å²) in [5.41, 5.74) is 4.89. The number of nitriles is 1. The number of hydrogen-bond donors (Lipinski definition) is 0. The SMILES string of the molecule is CC[C@H]1CN(C(C)c2ccccc2COC)[C@H](CC)CN1c1cc(=O)n(C)c2cn(CC#N)nc12. The number of piperazine rings is 1. The van der Waals surface area contributed by atoms with E-state index in [1.807, 2.05) is 0 Å². The number of fused-ring (bicyclic) bond motifs is 1. The first-order valence-corrected chi connectivity index (χ1v) is 12.5. The molecule has 1 unspecified atom stereocenters. The lowest BCUT2D eigenvalue weighted by Crippen LogP contribution is -2.59. The third-order valence-corrected chi connectivity index (χ3v) is 7.46. The van der Waals surface area contributed by atoms with Gasteiger partial charge in [0.25, 0.3) is 5.56 Å². The Balaban J connectivity index is 1.72. The summed E-state index contributed by atoms with van der Waals surface area (Å²) in [6.07, 6.45) is 3.75. The average Bonchev–Trinajstić information content (AvgIpc) is 3.30. The summed E-state index contributed by atoms with van der Waals surface area (Å²) in [5, 5.41) is 13.9. The van der Waals surface area contributed by atoms with Gasteiger partial charge in [0.05, 0.1) is 30.1 Å². The van der Waals surface area contributed by atoms with Crippen LogP contribution in [0.25, 0.3) is 11.0 Å². The molecule has 3 heterocycles. The Labute approximate surface area is 207 Å². The summed E-state index contributed by atoms with van der Waals surface area (Å²) in [7, 11) is 3.50. The number of anilines is 1. The van der Waals surface area contributed by atoms with Crippen molar-refractivity contribution >= 4 is 16.7 Å². The van der Waals surface area contributed by atoms with Gasteiger partial charge in [0, 0.05) is 51.4 Å². The number of benzene rings is 1. The molecular weight excluding hydrogens is 440 g/mol. The monoisotopic (exact) mass is 476 g/mol. The molecule has 2 aromatic heterocycles. The Bertz CT molecular complexity index is 1270. The zero-order valence-corrected chi connectivity index (χ0v) is 21.4. The fraction of sp³-hybridized carbons (Fsp3) is 0.519. The van der Waals surface area contributed by atoms with E-state index in [-0.39, 0.29) is 24.2 Å². The van der Waals surface area contributed by atoms with E-state index in [1.54, 1.807) is 35.7 Å². The van der Waals surface area contributed by atoms with E-state index in [1.165, 1.54) is 11.1 Å². The molecule has 3 atom stereocenters. The molecule has 0 bridgehead atoms. The predicted molar refractivity (Wildman–Crippen MR) is 138 cm³/mol. The third-order valence-electron chi connectivity index (χ3n) is 7.46. The molecule has 0 amide bonds. The number of aryl methyl sites for hydroxylation is 1. The molecule has 0 spiro atoms. The first kappa shape index (κ1) is 25.0. The van der Waals surface area contributed by atoms with E-state index in [2.05, 4.69) is 60.9 Å².